The Morgan fingerprint density at radius 2 is 1.92 bits per heavy atom. The number of aliphatic hydroxyl groups is 1. The van der Waals surface area contributed by atoms with Gasteiger partial charge in [-0.1, -0.05) is 45.8 Å². The molecule has 39 heavy (non-hydrogen) atoms. The highest BCUT2D eigenvalue weighted by Crippen LogP contribution is 2.69. The first-order chi connectivity index (χ1) is 18.6. The Morgan fingerprint density at radius 1 is 1.21 bits per heavy atom. The number of fused-ring (bicyclic) bond motifs is 7. The molecule has 1 aromatic carbocycles. The summed E-state index contributed by atoms with van der Waals surface area (Å²) in [5.41, 5.74) is 0.0266. The van der Waals surface area contributed by atoms with Crippen LogP contribution in [0, 0.1) is 28.6 Å². The molecule has 5 aliphatic rings. The monoisotopic (exact) mass is 537 g/mol. The minimum absolute atomic E-state index is 0.00663. The lowest BCUT2D eigenvalue weighted by molar-refractivity contribution is -0.185. The van der Waals surface area contributed by atoms with Crippen molar-refractivity contribution in [2.45, 2.75) is 77.6 Å². The van der Waals surface area contributed by atoms with Crippen molar-refractivity contribution < 1.29 is 28.9 Å². The van der Waals surface area contributed by atoms with Crippen LogP contribution in [0.15, 0.2) is 48.1 Å². The number of carbonyl (C=O) groups is 2. The number of ether oxygens (including phenoxy) is 3. The second kappa shape index (κ2) is 10.5. The van der Waals surface area contributed by atoms with E-state index in [1.165, 1.54) is 6.42 Å². The van der Waals surface area contributed by atoms with E-state index < -0.39 is 17.1 Å². The first kappa shape index (κ1) is 28.1. The number of nitrogens with one attached hydrogen (secondary N) is 1. The summed E-state index contributed by atoms with van der Waals surface area (Å²) in [6.07, 6.45) is 8.58. The van der Waals surface area contributed by atoms with Gasteiger partial charge in [-0.15, -0.1) is 0 Å². The number of aliphatic hydroxyl groups excluding tert-OH is 1. The molecule has 6 rings (SSSR count). The Kier molecular flexibility index (Phi) is 7.55. The maximum absolute atomic E-state index is 13.9. The molecule has 8 unspecified atom stereocenters. The fourth-order valence-electron chi connectivity index (χ4n) is 8.50. The minimum atomic E-state index is -1.13. The van der Waals surface area contributed by atoms with Crippen LogP contribution < -0.4 is 10.1 Å². The number of Topliss-reactive ketones (excluding diaryl/α,β-unsaturated/α-hetero) is 1. The molecular weight excluding hydrogens is 494 g/mol. The van der Waals surface area contributed by atoms with Crippen LogP contribution in [0.2, 0.25) is 0 Å². The Balaban J connectivity index is 0.000000983. The summed E-state index contributed by atoms with van der Waals surface area (Å²) >= 11 is 0. The lowest BCUT2D eigenvalue weighted by Crippen LogP contribution is -2.63. The van der Waals surface area contributed by atoms with Crippen LogP contribution in [0.25, 0.3) is 0 Å². The van der Waals surface area contributed by atoms with Gasteiger partial charge in [-0.25, -0.2) is 0 Å². The Labute approximate surface area is 232 Å². The fraction of sp³-hybridized carbons (Fsp3) is 0.625. The molecule has 1 saturated heterocycles. The Morgan fingerprint density at radius 3 is 2.62 bits per heavy atom. The summed E-state index contributed by atoms with van der Waals surface area (Å²) in [5, 5.41) is 14.7. The van der Waals surface area contributed by atoms with E-state index in [0.717, 1.165) is 30.5 Å². The van der Waals surface area contributed by atoms with Crippen molar-refractivity contribution in [3.05, 3.63) is 48.1 Å². The van der Waals surface area contributed by atoms with Gasteiger partial charge in [0.05, 0.1) is 12.2 Å². The van der Waals surface area contributed by atoms with E-state index in [4.69, 9.17) is 14.2 Å². The second-order valence-corrected chi connectivity index (χ2v) is 12.3. The SMILES string of the molecule is CCC.CNc1ccc(OCC(=O)C23OCOC2CC2C4CCC5=CC(=O)C=CC5(C)C4C(O)CC23C)cc1. The van der Waals surface area contributed by atoms with E-state index in [0.29, 0.717) is 12.2 Å². The van der Waals surface area contributed by atoms with E-state index in [1.807, 2.05) is 37.4 Å². The van der Waals surface area contributed by atoms with Crippen molar-refractivity contribution in [2.75, 3.05) is 25.8 Å². The van der Waals surface area contributed by atoms with Crippen molar-refractivity contribution in [2.24, 2.45) is 28.6 Å². The van der Waals surface area contributed by atoms with Gasteiger partial charge in [0.1, 0.15) is 19.1 Å². The third kappa shape index (κ3) is 4.28. The molecule has 0 aromatic heterocycles. The van der Waals surface area contributed by atoms with Gasteiger partial charge in [-0.05, 0) is 73.9 Å². The smallest absolute Gasteiger partial charge is 0.205 e. The van der Waals surface area contributed by atoms with Crippen LogP contribution in [0.3, 0.4) is 0 Å². The molecule has 0 spiro atoms. The number of rotatable bonds is 5. The van der Waals surface area contributed by atoms with Gasteiger partial charge in [-0.3, -0.25) is 9.59 Å². The molecular formula is C32H43NO6. The Bertz CT molecular complexity index is 1160. The highest BCUT2D eigenvalue weighted by atomic mass is 16.7. The number of anilines is 1. The van der Waals surface area contributed by atoms with Gasteiger partial charge in [0.25, 0.3) is 0 Å². The van der Waals surface area contributed by atoms with Gasteiger partial charge >= 0.3 is 0 Å². The van der Waals surface area contributed by atoms with Crippen LogP contribution >= 0.6 is 0 Å². The average molecular weight is 538 g/mol. The maximum atomic E-state index is 13.9. The molecule has 0 radical (unpaired) electrons. The fourth-order valence-corrected chi connectivity index (χ4v) is 8.50. The first-order valence-corrected chi connectivity index (χ1v) is 14.5. The van der Waals surface area contributed by atoms with Gasteiger partial charge in [0.2, 0.25) is 5.78 Å². The molecule has 0 amide bonds. The quantitative estimate of drug-likeness (QED) is 0.540. The summed E-state index contributed by atoms with van der Waals surface area (Å²) in [5.74, 6) is 0.891. The zero-order chi connectivity index (χ0) is 28.0. The molecule has 4 aliphatic carbocycles. The number of allylic oxidation sites excluding steroid dienone is 4. The van der Waals surface area contributed by atoms with Gasteiger partial charge < -0.3 is 24.6 Å². The number of carbonyl (C=O) groups excluding carboxylic acids is 2. The molecule has 1 aliphatic heterocycles. The van der Waals surface area contributed by atoms with Crippen molar-refractivity contribution in [1.29, 1.82) is 0 Å². The van der Waals surface area contributed by atoms with E-state index in [-0.39, 0.29) is 54.2 Å². The molecule has 4 fully saturated rings. The third-order valence-corrected chi connectivity index (χ3v) is 10.1. The highest BCUT2D eigenvalue weighted by molar-refractivity contribution is 6.01. The van der Waals surface area contributed by atoms with Crippen LogP contribution in [0.4, 0.5) is 5.69 Å². The number of hydrogen-bond donors (Lipinski definition) is 2. The van der Waals surface area contributed by atoms with E-state index in [1.54, 1.807) is 12.2 Å². The molecule has 0 bridgehead atoms. The van der Waals surface area contributed by atoms with Crippen molar-refractivity contribution in [3.63, 3.8) is 0 Å². The lowest BCUT2D eigenvalue weighted by atomic mass is 9.46. The van der Waals surface area contributed by atoms with Gasteiger partial charge in [0.15, 0.2) is 11.4 Å². The topological polar surface area (TPSA) is 94.1 Å². The predicted octanol–water partition coefficient (Wildman–Crippen LogP) is 5.09. The second-order valence-electron chi connectivity index (χ2n) is 12.3. The van der Waals surface area contributed by atoms with Gasteiger partial charge in [0, 0.05) is 29.5 Å². The zero-order valence-electron chi connectivity index (χ0n) is 23.9. The number of ketones is 2. The summed E-state index contributed by atoms with van der Waals surface area (Å²) in [4.78, 5) is 26.0. The normalized spacial score (nSPS) is 39.8. The summed E-state index contributed by atoms with van der Waals surface area (Å²) < 4.78 is 18.2. The van der Waals surface area contributed by atoms with E-state index in [2.05, 4.69) is 33.0 Å². The standard InChI is InChI=1S/C29H35NO6.C3H8/c1-27-11-10-19(31)12-17(27)4-9-21-22-13-25-29(36-16-35-25,28(22,2)14-23(32)26(21)27)24(33)15-34-20-7-5-18(30-3)6-8-20;1-3-2/h5-8,10-12,21-23,25-26,30,32H,4,9,13-16H2,1-3H3;3H2,1-2H3. The largest absolute Gasteiger partial charge is 0.486 e. The molecule has 212 valence electrons. The number of hydrogen-bond acceptors (Lipinski definition) is 7. The average Bonchev–Trinajstić information content (AvgIpc) is 3.45. The summed E-state index contributed by atoms with van der Waals surface area (Å²) in [7, 11) is 1.85. The zero-order valence-corrected chi connectivity index (χ0v) is 23.9. The van der Waals surface area contributed by atoms with E-state index in [9.17, 15) is 14.7 Å². The third-order valence-electron chi connectivity index (χ3n) is 10.1. The highest BCUT2D eigenvalue weighted by Gasteiger charge is 2.74. The molecule has 1 heterocycles. The van der Waals surface area contributed by atoms with Crippen LogP contribution in [-0.4, -0.2) is 54.9 Å². The number of benzene rings is 1. The van der Waals surface area contributed by atoms with Crippen molar-refractivity contribution >= 4 is 17.3 Å². The lowest BCUT2D eigenvalue weighted by Gasteiger charge is -2.59. The van der Waals surface area contributed by atoms with Crippen LogP contribution in [0.5, 0.6) is 5.75 Å². The molecule has 2 N–H and O–H groups in total. The summed E-state index contributed by atoms with van der Waals surface area (Å²) in [6.45, 7) is 8.48. The molecule has 1 aromatic rings. The van der Waals surface area contributed by atoms with Crippen LogP contribution in [0.1, 0.15) is 59.8 Å². The molecule has 3 saturated carbocycles. The molecule has 8 atom stereocenters. The minimum Gasteiger partial charge on any atom is -0.486 e. The molecule has 7 heteroatoms. The Hall–Kier alpha value is -2.48. The predicted molar refractivity (Wildman–Crippen MR) is 149 cm³/mol. The van der Waals surface area contributed by atoms with Crippen molar-refractivity contribution in [3.8, 4) is 5.75 Å². The maximum Gasteiger partial charge on any atom is 0.205 e. The van der Waals surface area contributed by atoms with E-state index >= 15 is 0 Å². The first-order valence-electron chi connectivity index (χ1n) is 14.5. The summed E-state index contributed by atoms with van der Waals surface area (Å²) in [6, 6.07) is 7.48. The van der Waals surface area contributed by atoms with Crippen LogP contribution in [-0.2, 0) is 19.1 Å². The van der Waals surface area contributed by atoms with Gasteiger partial charge in [-0.2, -0.15) is 0 Å². The molecule has 7 nitrogen and oxygen atoms in total. The van der Waals surface area contributed by atoms with Crippen molar-refractivity contribution in [1.82, 2.24) is 0 Å².